The van der Waals surface area contributed by atoms with E-state index in [2.05, 4.69) is 20.0 Å². The molecule has 1 aromatic heterocycles. The van der Waals surface area contributed by atoms with Crippen molar-refractivity contribution in [1.82, 2.24) is 14.7 Å². The summed E-state index contributed by atoms with van der Waals surface area (Å²) in [5.41, 5.74) is 1.28. The summed E-state index contributed by atoms with van der Waals surface area (Å²) < 4.78 is 12.5. The SMILES string of the molecule is Cc1nn(C)c(=NC(=Nc2ccccc2)N2CCOCC2)o1. The van der Waals surface area contributed by atoms with E-state index in [9.17, 15) is 0 Å². The Kier molecular flexibility index (Phi) is 4.34. The first-order valence-electron chi connectivity index (χ1n) is 7.24. The lowest BCUT2D eigenvalue weighted by atomic mass is 10.3. The van der Waals surface area contributed by atoms with Crippen LogP contribution in [0.3, 0.4) is 0 Å². The zero-order valence-corrected chi connectivity index (χ0v) is 12.8. The van der Waals surface area contributed by atoms with Crippen LogP contribution in [0.4, 0.5) is 5.69 Å². The predicted molar refractivity (Wildman–Crippen MR) is 81.7 cm³/mol. The van der Waals surface area contributed by atoms with E-state index < -0.39 is 0 Å². The number of para-hydroxylation sites is 1. The molecule has 3 rings (SSSR count). The summed E-state index contributed by atoms with van der Waals surface area (Å²) in [6.07, 6.45) is 0. The Labute approximate surface area is 128 Å². The molecule has 0 spiro atoms. The molecule has 1 aromatic carbocycles. The fourth-order valence-corrected chi connectivity index (χ4v) is 2.20. The van der Waals surface area contributed by atoms with Crippen LogP contribution in [0.25, 0.3) is 0 Å². The van der Waals surface area contributed by atoms with Crippen LogP contribution in [-0.4, -0.2) is 46.9 Å². The van der Waals surface area contributed by atoms with Gasteiger partial charge in [-0.3, -0.25) is 0 Å². The number of aliphatic imine (C=N–C) groups is 1. The fraction of sp³-hybridized carbons (Fsp3) is 0.400. The number of ether oxygens (including phenoxy) is 1. The van der Waals surface area contributed by atoms with Gasteiger partial charge in [-0.25, -0.2) is 9.67 Å². The Morgan fingerprint density at radius 2 is 1.91 bits per heavy atom. The van der Waals surface area contributed by atoms with Gasteiger partial charge in [-0.05, 0) is 12.1 Å². The van der Waals surface area contributed by atoms with Crippen LogP contribution in [0, 0.1) is 6.92 Å². The Morgan fingerprint density at radius 3 is 2.55 bits per heavy atom. The number of guanidine groups is 1. The van der Waals surface area contributed by atoms with Gasteiger partial charge >= 0.3 is 5.68 Å². The van der Waals surface area contributed by atoms with E-state index in [0.717, 1.165) is 18.8 Å². The van der Waals surface area contributed by atoms with Crippen LogP contribution in [0.1, 0.15) is 5.89 Å². The molecule has 0 radical (unpaired) electrons. The molecule has 1 saturated heterocycles. The number of morpholine rings is 1. The summed E-state index contributed by atoms with van der Waals surface area (Å²) in [5.74, 6) is 1.18. The molecular weight excluding hydrogens is 282 g/mol. The molecule has 0 aliphatic carbocycles. The van der Waals surface area contributed by atoms with Crippen molar-refractivity contribution in [3.8, 4) is 0 Å². The third-order valence-corrected chi connectivity index (χ3v) is 3.28. The quantitative estimate of drug-likeness (QED) is 0.587. The third-order valence-electron chi connectivity index (χ3n) is 3.28. The molecule has 116 valence electrons. The van der Waals surface area contributed by atoms with E-state index in [1.54, 1.807) is 18.7 Å². The topological polar surface area (TPSA) is 68.2 Å². The minimum absolute atomic E-state index is 0.429. The van der Waals surface area contributed by atoms with Crippen LogP contribution < -0.4 is 5.68 Å². The maximum atomic E-state index is 5.52. The van der Waals surface area contributed by atoms with Gasteiger partial charge in [0.1, 0.15) is 0 Å². The van der Waals surface area contributed by atoms with Crippen LogP contribution >= 0.6 is 0 Å². The molecule has 2 aromatic rings. The summed E-state index contributed by atoms with van der Waals surface area (Å²) in [7, 11) is 1.80. The van der Waals surface area contributed by atoms with Gasteiger partial charge in [0.15, 0.2) is 0 Å². The molecular formula is C15H19N5O2. The predicted octanol–water partition coefficient (Wildman–Crippen LogP) is 1.24. The van der Waals surface area contributed by atoms with Gasteiger partial charge in [-0.1, -0.05) is 18.2 Å². The number of aryl methyl sites for hydroxylation is 2. The highest BCUT2D eigenvalue weighted by atomic mass is 16.5. The average Bonchev–Trinajstić information content (AvgIpc) is 2.86. The average molecular weight is 301 g/mol. The third kappa shape index (κ3) is 3.43. The molecule has 0 unspecified atom stereocenters. The molecule has 0 amide bonds. The largest absolute Gasteiger partial charge is 0.408 e. The van der Waals surface area contributed by atoms with Crippen LogP contribution in [0.5, 0.6) is 0 Å². The molecule has 0 atom stereocenters. The van der Waals surface area contributed by atoms with E-state index in [4.69, 9.17) is 9.15 Å². The van der Waals surface area contributed by atoms with Crippen molar-refractivity contribution in [2.45, 2.75) is 6.92 Å². The highest BCUT2D eigenvalue weighted by Gasteiger charge is 2.15. The molecule has 2 heterocycles. The number of nitrogens with zero attached hydrogens (tertiary/aromatic N) is 5. The molecule has 7 nitrogen and oxygen atoms in total. The number of aromatic nitrogens is 2. The van der Waals surface area contributed by atoms with E-state index in [1.165, 1.54) is 0 Å². The number of rotatable bonds is 1. The molecule has 0 saturated carbocycles. The lowest BCUT2D eigenvalue weighted by molar-refractivity contribution is 0.0674. The Bertz CT molecular complexity index is 711. The maximum Gasteiger partial charge on any atom is 0.323 e. The van der Waals surface area contributed by atoms with E-state index in [0.29, 0.717) is 30.7 Å². The molecule has 7 heteroatoms. The molecule has 1 fully saturated rings. The summed E-state index contributed by atoms with van der Waals surface area (Å²) >= 11 is 0. The number of hydrogen-bond donors (Lipinski definition) is 0. The Hall–Kier alpha value is -2.41. The first-order chi connectivity index (χ1) is 10.7. The Balaban J connectivity index is 2.01. The minimum Gasteiger partial charge on any atom is -0.408 e. The van der Waals surface area contributed by atoms with Gasteiger partial charge in [0.25, 0.3) is 0 Å². The van der Waals surface area contributed by atoms with Crippen molar-refractivity contribution in [2.24, 2.45) is 17.0 Å². The van der Waals surface area contributed by atoms with Crippen LogP contribution in [0.15, 0.2) is 44.7 Å². The van der Waals surface area contributed by atoms with Crippen molar-refractivity contribution < 1.29 is 9.15 Å². The normalized spacial score (nSPS) is 17.1. The van der Waals surface area contributed by atoms with Gasteiger partial charge < -0.3 is 14.1 Å². The molecule has 0 N–H and O–H groups in total. The standard InChI is InChI=1S/C15H19N5O2/c1-12-18-19(2)15(22-12)17-14(20-8-10-21-11-9-20)16-13-6-4-3-5-7-13/h3-7H,8-11H2,1-2H3. The summed E-state index contributed by atoms with van der Waals surface area (Å²) in [6, 6.07) is 9.76. The zero-order chi connectivity index (χ0) is 15.4. The van der Waals surface area contributed by atoms with Crippen LogP contribution in [-0.2, 0) is 11.8 Å². The van der Waals surface area contributed by atoms with Crippen molar-refractivity contribution in [3.05, 3.63) is 41.9 Å². The molecule has 1 aliphatic heterocycles. The highest BCUT2D eigenvalue weighted by Crippen LogP contribution is 2.12. The minimum atomic E-state index is 0.429. The molecule has 0 bridgehead atoms. The fourth-order valence-electron chi connectivity index (χ4n) is 2.20. The smallest absolute Gasteiger partial charge is 0.323 e. The van der Waals surface area contributed by atoms with E-state index in [-0.39, 0.29) is 0 Å². The second-order valence-electron chi connectivity index (χ2n) is 4.99. The highest BCUT2D eigenvalue weighted by molar-refractivity contribution is 5.83. The van der Waals surface area contributed by atoms with Gasteiger partial charge in [0, 0.05) is 27.1 Å². The summed E-state index contributed by atoms with van der Waals surface area (Å²) in [6.45, 7) is 4.65. The summed E-state index contributed by atoms with van der Waals surface area (Å²) in [5, 5.41) is 4.17. The van der Waals surface area contributed by atoms with E-state index in [1.807, 2.05) is 30.3 Å². The number of benzene rings is 1. The first-order valence-corrected chi connectivity index (χ1v) is 7.24. The van der Waals surface area contributed by atoms with Crippen LogP contribution in [0.2, 0.25) is 0 Å². The van der Waals surface area contributed by atoms with Crippen molar-refractivity contribution in [2.75, 3.05) is 26.3 Å². The molecule has 22 heavy (non-hydrogen) atoms. The molecule has 1 aliphatic rings. The number of hydrogen-bond acceptors (Lipinski definition) is 4. The van der Waals surface area contributed by atoms with Crippen molar-refractivity contribution in [3.63, 3.8) is 0 Å². The zero-order valence-electron chi connectivity index (χ0n) is 12.8. The first kappa shape index (κ1) is 14.5. The second-order valence-corrected chi connectivity index (χ2v) is 4.99. The van der Waals surface area contributed by atoms with Gasteiger partial charge in [0.2, 0.25) is 11.9 Å². The van der Waals surface area contributed by atoms with Gasteiger partial charge in [-0.2, -0.15) is 4.99 Å². The van der Waals surface area contributed by atoms with Crippen molar-refractivity contribution in [1.29, 1.82) is 0 Å². The lowest BCUT2D eigenvalue weighted by Gasteiger charge is -2.27. The van der Waals surface area contributed by atoms with E-state index >= 15 is 0 Å². The lowest BCUT2D eigenvalue weighted by Crippen LogP contribution is -2.41. The second kappa shape index (κ2) is 6.57. The monoisotopic (exact) mass is 301 g/mol. The maximum absolute atomic E-state index is 5.52. The summed E-state index contributed by atoms with van der Waals surface area (Å²) in [4.78, 5) is 11.3. The van der Waals surface area contributed by atoms with Crippen molar-refractivity contribution >= 4 is 11.6 Å². The van der Waals surface area contributed by atoms with Gasteiger partial charge in [-0.15, -0.1) is 5.10 Å². The van der Waals surface area contributed by atoms with Gasteiger partial charge in [0.05, 0.1) is 18.9 Å². The Morgan fingerprint density at radius 1 is 1.18 bits per heavy atom.